The van der Waals surface area contributed by atoms with Crippen LogP contribution in [0.4, 0.5) is 13.2 Å². The molecule has 1 aliphatic rings. The third kappa shape index (κ3) is 4.14. The predicted molar refractivity (Wildman–Crippen MR) is 85.9 cm³/mol. The maximum atomic E-state index is 13.2. The first kappa shape index (κ1) is 19.3. The molecule has 25 heavy (non-hydrogen) atoms. The minimum absolute atomic E-state index is 0.0666. The van der Waals surface area contributed by atoms with Crippen LogP contribution in [0.1, 0.15) is 31.7 Å². The number of carboxylic acid groups (broad SMARTS) is 1. The molecule has 1 N–H and O–H groups in total. The van der Waals surface area contributed by atoms with Crippen LogP contribution in [-0.2, 0) is 9.59 Å². The van der Waals surface area contributed by atoms with Crippen molar-refractivity contribution in [2.45, 2.75) is 32.4 Å². The van der Waals surface area contributed by atoms with Gasteiger partial charge in [-0.25, -0.2) is 0 Å². The number of aliphatic carboxylic acids is 1. The van der Waals surface area contributed by atoms with Crippen LogP contribution in [0, 0.1) is 17.8 Å². The summed E-state index contributed by atoms with van der Waals surface area (Å²) >= 11 is 0. The van der Waals surface area contributed by atoms with E-state index < -0.39 is 48.9 Å². The van der Waals surface area contributed by atoms with E-state index in [1.165, 1.54) is 0 Å². The number of hydrogen-bond acceptors (Lipinski definition) is 2. The van der Waals surface area contributed by atoms with Gasteiger partial charge in [-0.1, -0.05) is 50.6 Å². The molecule has 0 aromatic heterocycles. The number of likely N-dealkylation sites (tertiary alicyclic amines) is 1. The van der Waals surface area contributed by atoms with E-state index in [2.05, 4.69) is 0 Å². The van der Waals surface area contributed by atoms with Crippen molar-refractivity contribution >= 4 is 11.9 Å². The molecule has 138 valence electrons. The SMILES string of the molecule is CCC(C)C(C(=O)N1C[C@@H](C(F)(F)F)[C@H](C(=O)O)C1)c1ccccc1. The number of carboxylic acids is 1. The lowest BCUT2D eigenvalue weighted by Gasteiger charge is -2.28. The van der Waals surface area contributed by atoms with Crippen LogP contribution in [0.15, 0.2) is 30.3 Å². The predicted octanol–water partition coefficient (Wildman–Crippen LogP) is 3.54. The molecular formula is C18H22F3NO3. The van der Waals surface area contributed by atoms with Crippen LogP contribution < -0.4 is 0 Å². The Balaban J connectivity index is 2.29. The number of hydrogen-bond donors (Lipinski definition) is 1. The smallest absolute Gasteiger partial charge is 0.394 e. The van der Waals surface area contributed by atoms with Gasteiger partial charge >= 0.3 is 12.1 Å². The van der Waals surface area contributed by atoms with E-state index in [0.29, 0.717) is 6.42 Å². The summed E-state index contributed by atoms with van der Waals surface area (Å²) in [6.07, 6.45) is -3.96. The minimum atomic E-state index is -4.64. The van der Waals surface area contributed by atoms with Crippen LogP contribution in [0.25, 0.3) is 0 Å². The number of benzene rings is 1. The number of halogens is 3. The molecule has 0 bridgehead atoms. The summed E-state index contributed by atoms with van der Waals surface area (Å²) < 4.78 is 39.5. The molecule has 1 aromatic rings. The Morgan fingerprint density at radius 1 is 1.24 bits per heavy atom. The lowest BCUT2D eigenvalue weighted by molar-refractivity contribution is -0.188. The van der Waals surface area contributed by atoms with Gasteiger partial charge in [0, 0.05) is 13.1 Å². The average Bonchev–Trinajstić information content (AvgIpc) is 3.01. The van der Waals surface area contributed by atoms with Crippen molar-refractivity contribution in [3.63, 3.8) is 0 Å². The fraction of sp³-hybridized carbons (Fsp3) is 0.556. The van der Waals surface area contributed by atoms with Gasteiger partial charge in [0.15, 0.2) is 0 Å². The molecule has 0 radical (unpaired) electrons. The molecule has 7 heteroatoms. The Bertz CT molecular complexity index is 618. The second kappa shape index (κ2) is 7.45. The maximum Gasteiger partial charge on any atom is 0.394 e. The van der Waals surface area contributed by atoms with Gasteiger partial charge in [-0.15, -0.1) is 0 Å². The highest BCUT2D eigenvalue weighted by molar-refractivity contribution is 5.85. The highest BCUT2D eigenvalue weighted by Crippen LogP contribution is 2.39. The topological polar surface area (TPSA) is 57.6 Å². The largest absolute Gasteiger partial charge is 0.481 e. The highest BCUT2D eigenvalue weighted by atomic mass is 19.4. The van der Waals surface area contributed by atoms with E-state index >= 15 is 0 Å². The minimum Gasteiger partial charge on any atom is -0.481 e. The summed E-state index contributed by atoms with van der Waals surface area (Å²) in [7, 11) is 0. The fourth-order valence-electron chi connectivity index (χ4n) is 3.37. The van der Waals surface area contributed by atoms with Crippen molar-refractivity contribution in [2.75, 3.05) is 13.1 Å². The highest BCUT2D eigenvalue weighted by Gasteiger charge is 2.54. The zero-order valence-electron chi connectivity index (χ0n) is 14.2. The molecule has 0 aliphatic carbocycles. The molecule has 1 saturated heterocycles. The molecule has 0 spiro atoms. The Hall–Kier alpha value is -2.05. The quantitative estimate of drug-likeness (QED) is 0.877. The molecule has 0 saturated carbocycles. The van der Waals surface area contributed by atoms with Crippen molar-refractivity contribution in [2.24, 2.45) is 17.8 Å². The molecule has 1 heterocycles. The Morgan fingerprint density at radius 2 is 1.84 bits per heavy atom. The first-order valence-corrected chi connectivity index (χ1v) is 8.30. The van der Waals surface area contributed by atoms with Gasteiger partial charge in [0.1, 0.15) is 0 Å². The Kier molecular flexibility index (Phi) is 5.75. The van der Waals surface area contributed by atoms with E-state index in [1.807, 2.05) is 13.8 Å². The van der Waals surface area contributed by atoms with Crippen molar-refractivity contribution in [3.8, 4) is 0 Å². The number of nitrogens with zero attached hydrogens (tertiary/aromatic N) is 1. The second-order valence-corrected chi connectivity index (χ2v) is 6.61. The molecule has 2 rings (SSSR count). The van der Waals surface area contributed by atoms with E-state index in [4.69, 9.17) is 5.11 Å². The summed E-state index contributed by atoms with van der Waals surface area (Å²) in [6.45, 7) is 2.79. The van der Waals surface area contributed by atoms with Crippen molar-refractivity contribution in [3.05, 3.63) is 35.9 Å². The van der Waals surface area contributed by atoms with Crippen LogP contribution in [0.5, 0.6) is 0 Å². The van der Waals surface area contributed by atoms with E-state index in [0.717, 1.165) is 10.5 Å². The van der Waals surface area contributed by atoms with Gasteiger partial charge in [-0.3, -0.25) is 9.59 Å². The summed E-state index contributed by atoms with van der Waals surface area (Å²) in [6, 6.07) is 8.92. The first-order valence-electron chi connectivity index (χ1n) is 8.30. The lowest BCUT2D eigenvalue weighted by atomic mass is 9.84. The van der Waals surface area contributed by atoms with Gasteiger partial charge in [-0.2, -0.15) is 13.2 Å². The van der Waals surface area contributed by atoms with Gasteiger partial charge in [-0.05, 0) is 11.5 Å². The number of carbonyl (C=O) groups is 2. The number of amides is 1. The monoisotopic (exact) mass is 357 g/mol. The molecule has 2 unspecified atom stereocenters. The third-order valence-corrected chi connectivity index (χ3v) is 5.01. The molecule has 1 fully saturated rings. The molecule has 4 atom stereocenters. The number of carbonyl (C=O) groups excluding carboxylic acids is 1. The van der Waals surface area contributed by atoms with Gasteiger partial charge in [0.25, 0.3) is 0 Å². The Labute approximate surface area is 144 Å². The van der Waals surface area contributed by atoms with Gasteiger partial charge < -0.3 is 10.0 Å². The molecule has 1 aliphatic heterocycles. The zero-order valence-corrected chi connectivity index (χ0v) is 14.2. The molecule has 1 amide bonds. The third-order valence-electron chi connectivity index (χ3n) is 5.01. The number of alkyl halides is 3. The van der Waals surface area contributed by atoms with Crippen LogP contribution >= 0.6 is 0 Å². The van der Waals surface area contributed by atoms with Gasteiger partial charge in [0.2, 0.25) is 5.91 Å². The summed E-state index contributed by atoms with van der Waals surface area (Å²) in [4.78, 5) is 25.2. The van der Waals surface area contributed by atoms with Gasteiger partial charge in [0.05, 0.1) is 17.8 Å². The molecular weight excluding hydrogens is 335 g/mol. The van der Waals surface area contributed by atoms with Crippen LogP contribution in [0.2, 0.25) is 0 Å². The average molecular weight is 357 g/mol. The summed E-state index contributed by atoms with van der Waals surface area (Å²) in [5.41, 5.74) is 0.740. The summed E-state index contributed by atoms with van der Waals surface area (Å²) in [5, 5.41) is 9.12. The van der Waals surface area contributed by atoms with Crippen molar-refractivity contribution in [1.82, 2.24) is 4.90 Å². The van der Waals surface area contributed by atoms with Crippen molar-refractivity contribution < 1.29 is 27.9 Å². The standard InChI is InChI=1S/C18H22F3NO3/c1-3-11(2)15(12-7-5-4-6-8-12)16(23)22-9-13(17(24)25)14(10-22)18(19,20)21/h4-8,11,13-15H,3,9-10H2,1-2H3,(H,24,25)/t11?,13-,14-,15?/m1/s1. The lowest BCUT2D eigenvalue weighted by Crippen LogP contribution is -2.37. The summed E-state index contributed by atoms with van der Waals surface area (Å²) in [5.74, 6) is -6.23. The zero-order chi connectivity index (χ0) is 18.8. The van der Waals surface area contributed by atoms with E-state index in [-0.39, 0.29) is 5.92 Å². The molecule has 4 nitrogen and oxygen atoms in total. The van der Waals surface area contributed by atoms with Crippen LogP contribution in [-0.4, -0.2) is 41.1 Å². The number of rotatable bonds is 5. The molecule has 1 aromatic carbocycles. The van der Waals surface area contributed by atoms with E-state index in [1.54, 1.807) is 30.3 Å². The second-order valence-electron chi connectivity index (χ2n) is 6.61. The first-order chi connectivity index (χ1) is 11.7. The normalized spacial score (nSPS) is 23.3. The Morgan fingerprint density at radius 3 is 2.28 bits per heavy atom. The van der Waals surface area contributed by atoms with Crippen LogP contribution in [0.3, 0.4) is 0 Å². The maximum absolute atomic E-state index is 13.2. The van der Waals surface area contributed by atoms with E-state index in [9.17, 15) is 22.8 Å². The fourth-order valence-corrected chi connectivity index (χ4v) is 3.37. The van der Waals surface area contributed by atoms with Crippen molar-refractivity contribution in [1.29, 1.82) is 0 Å².